The molecule has 0 saturated carbocycles. The van der Waals surface area contributed by atoms with Crippen LogP contribution in [0.3, 0.4) is 0 Å². The molecule has 1 heterocycles. The van der Waals surface area contributed by atoms with Crippen molar-refractivity contribution in [1.29, 1.82) is 0 Å². The minimum atomic E-state index is -0.391. The first kappa shape index (κ1) is 19.2. The Morgan fingerprint density at radius 2 is 1.71 bits per heavy atom. The van der Waals surface area contributed by atoms with Crippen molar-refractivity contribution in [3.8, 4) is 0 Å². The van der Waals surface area contributed by atoms with Gasteiger partial charge in [-0.1, -0.05) is 6.07 Å². The van der Waals surface area contributed by atoms with E-state index in [0.29, 0.717) is 23.0 Å². The van der Waals surface area contributed by atoms with Crippen molar-refractivity contribution in [2.75, 3.05) is 36.7 Å². The number of nitrogens with zero attached hydrogens (tertiary/aromatic N) is 3. The summed E-state index contributed by atoms with van der Waals surface area (Å²) in [5, 5.41) is 6.43. The molecule has 0 bridgehead atoms. The van der Waals surface area contributed by atoms with Crippen LogP contribution in [0.25, 0.3) is 0 Å². The maximum absolute atomic E-state index is 11.7. The molecule has 0 amide bonds. The predicted octanol–water partition coefficient (Wildman–Crippen LogP) is 4.12. The largest absolute Gasteiger partial charge is 0.465 e. The number of esters is 1. The van der Waals surface area contributed by atoms with Gasteiger partial charge in [-0.05, 0) is 49.4 Å². The molecule has 2 aromatic carbocycles. The summed E-state index contributed by atoms with van der Waals surface area (Å²) in [6, 6.07) is 16.9. The molecule has 2 N–H and O–H groups in total. The van der Waals surface area contributed by atoms with Gasteiger partial charge < -0.3 is 20.3 Å². The number of ether oxygens (including phenoxy) is 1. The summed E-state index contributed by atoms with van der Waals surface area (Å²) in [6.07, 6.45) is 0. The molecule has 0 aliphatic heterocycles. The van der Waals surface area contributed by atoms with Gasteiger partial charge >= 0.3 is 5.97 Å². The second kappa shape index (κ2) is 8.39. The number of carbonyl (C=O) groups is 1. The summed E-state index contributed by atoms with van der Waals surface area (Å²) in [7, 11) is 5.36. The maximum atomic E-state index is 11.7. The molecule has 0 aliphatic rings. The second-order valence-corrected chi connectivity index (χ2v) is 6.48. The van der Waals surface area contributed by atoms with Gasteiger partial charge in [0.1, 0.15) is 5.82 Å². The van der Waals surface area contributed by atoms with Crippen molar-refractivity contribution >= 4 is 34.8 Å². The van der Waals surface area contributed by atoms with Gasteiger partial charge in [-0.2, -0.15) is 4.98 Å². The van der Waals surface area contributed by atoms with Crippen LogP contribution in [-0.2, 0) is 4.74 Å². The number of anilines is 5. The Hall–Kier alpha value is -3.61. The van der Waals surface area contributed by atoms with Gasteiger partial charge in [-0.25, -0.2) is 9.78 Å². The van der Waals surface area contributed by atoms with Crippen molar-refractivity contribution < 1.29 is 9.53 Å². The Bertz CT molecular complexity index is 971. The van der Waals surface area contributed by atoms with Crippen LogP contribution in [0.15, 0.2) is 54.6 Å². The zero-order valence-electron chi connectivity index (χ0n) is 16.4. The number of aryl methyl sites for hydroxylation is 1. The highest BCUT2D eigenvalue weighted by atomic mass is 16.5. The van der Waals surface area contributed by atoms with Crippen molar-refractivity contribution in [2.45, 2.75) is 6.92 Å². The van der Waals surface area contributed by atoms with Crippen LogP contribution in [0.4, 0.5) is 28.8 Å². The standard InChI is InChI=1S/C21H23N5O2/c1-14-12-19(23-16-8-10-18(11-9-16)26(2)3)25-21(22-14)24-17-7-5-6-15(13-17)20(27)28-4/h5-13H,1-4H3,(H2,22,23,24,25). The SMILES string of the molecule is COC(=O)c1cccc(Nc2nc(C)cc(Nc3ccc(N(C)C)cc3)n2)c1. The summed E-state index contributed by atoms with van der Waals surface area (Å²) in [6.45, 7) is 1.90. The molecule has 0 saturated heterocycles. The maximum Gasteiger partial charge on any atom is 0.337 e. The molecule has 3 rings (SSSR count). The van der Waals surface area contributed by atoms with Crippen LogP contribution in [0.5, 0.6) is 0 Å². The van der Waals surface area contributed by atoms with E-state index >= 15 is 0 Å². The lowest BCUT2D eigenvalue weighted by atomic mass is 10.2. The number of benzene rings is 2. The Balaban J connectivity index is 1.79. The molecular weight excluding hydrogens is 354 g/mol. The normalized spacial score (nSPS) is 10.3. The van der Waals surface area contributed by atoms with Crippen molar-refractivity contribution in [2.24, 2.45) is 0 Å². The van der Waals surface area contributed by atoms with E-state index in [9.17, 15) is 4.79 Å². The number of methoxy groups -OCH3 is 1. The lowest BCUT2D eigenvalue weighted by molar-refractivity contribution is 0.0601. The van der Waals surface area contributed by atoms with E-state index in [1.807, 2.05) is 62.3 Å². The Kier molecular flexibility index (Phi) is 5.74. The van der Waals surface area contributed by atoms with E-state index in [1.165, 1.54) is 7.11 Å². The van der Waals surface area contributed by atoms with Crippen LogP contribution < -0.4 is 15.5 Å². The lowest BCUT2D eigenvalue weighted by Crippen LogP contribution is -2.08. The molecule has 0 radical (unpaired) electrons. The molecule has 7 heteroatoms. The third-order valence-electron chi connectivity index (χ3n) is 4.05. The Labute approximate surface area is 164 Å². The van der Waals surface area contributed by atoms with Gasteiger partial charge in [0, 0.05) is 42.9 Å². The van der Waals surface area contributed by atoms with Crippen LogP contribution in [0.2, 0.25) is 0 Å². The average Bonchev–Trinajstić information content (AvgIpc) is 2.67. The number of carbonyl (C=O) groups excluding carboxylic acids is 1. The summed E-state index contributed by atoms with van der Waals surface area (Å²) in [5.41, 5.74) is 4.03. The van der Waals surface area contributed by atoms with Crippen LogP contribution in [0, 0.1) is 6.92 Å². The third kappa shape index (κ3) is 4.76. The number of hydrogen-bond donors (Lipinski definition) is 2. The van der Waals surface area contributed by atoms with Gasteiger partial charge in [0.25, 0.3) is 0 Å². The van der Waals surface area contributed by atoms with E-state index in [-0.39, 0.29) is 0 Å². The van der Waals surface area contributed by atoms with Gasteiger partial charge in [-0.3, -0.25) is 0 Å². The van der Waals surface area contributed by atoms with Crippen molar-refractivity contribution in [3.05, 3.63) is 65.9 Å². The number of nitrogens with one attached hydrogen (secondary N) is 2. The zero-order chi connectivity index (χ0) is 20.1. The van der Waals surface area contributed by atoms with Gasteiger partial charge in [0.2, 0.25) is 5.95 Å². The summed E-state index contributed by atoms with van der Waals surface area (Å²) in [5.74, 6) is 0.725. The third-order valence-corrected chi connectivity index (χ3v) is 4.05. The summed E-state index contributed by atoms with van der Waals surface area (Å²) in [4.78, 5) is 22.7. The first-order chi connectivity index (χ1) is 13.4. The zero-order valence-corrected chi connectivity index (χ0v) is 16.4. The minimum Gasteiger partial charge on any atom is -0.465 e. The van der Waals surface area contributed by atoms with E-state index < -0.39 is 5.97 Å². The molecular formula is C21H23N5O2. The first-order valence-corrected chi connectivity index (χ1v) is 8.80. The van der Waals surface area contributed by atoms with Crippen molar-refractivity contribution in [1.82, 2.24) is 9.97 Å². The highest BCUT2D eigenvalue weighted by molar-refractivity contribution is 5.90. The summed E-state index contributed by atoms with van der Waals surface area (Å²) >= 11 is 0. The second-order valence-electron chi connectivity index (χ2n) is 6.48. The molecule has 7 nitrogen and oxygen atoms in total. The number of hydrogen-bond acceptors (Lipinski definition) is 7. The fourth-order valence-electron chi connectivity index (χ4n) is 2.65. The Morgan fingerprint density at radius 3 is 2.39 bits per heavy atom. The molecule has 28 heavy (non-hydrogen) atoms. The molecule has 0 aliphatic carbocycles. The number of rotatable bonds is 6. The van der Waals surface area contributed by atoms with Crippen LogP contribution >= 0.6 is 0 Å². The number of aromatic nitrogens is 2. The first-order valence-electron chi connectivity index (χ1n) is 8.80. The summed E-state index contributed by atoms with van der Waals surface area (Å²) < 4.78 is 4.76. The smallest absolute Gasteiger partial charge is 0.337 e. The molecule has 1 aromatic heterocycles. The molecule has 0 atom stereocenters. The topological polar surface area (TPSA) is 79.4 Å². The van der Waals surface area contributed by atoms with Crippen molar-refractivity contribution in [3.63, 3.8) is 0 Å². The minimum absolute atomic E-state index is 0.391. The molecule has 3 aromatic rings. The van der Waals surface area contributed by atoms with Crippen LogP contribution in [0.1, 0.15) is 16.1 Å². The van der Waals surface area contributed by atoms with E-state index in [4.69, 9.17) is 4.74 Å². The quantitative estimate of drug-likeness (QED) is 0.625. The monoisotopic (exact) mass is 377 g/mol. The predicted molar refractivity (Wildman–Crippen MR) is 112 cm³/mol. The highest BCUT2D eigenvalue weighted by Crippen LogP contribution is 2.22. The van der Waals surface area contributed by atoms with Gasteiger partial charge in [0.15, 0.2) is 0 Å². The Morgan fingerprint density at radius 1 is 0.964 bits per heavy atom. The lowest BCUT2D eigenvalue weighted by Gasteiger charge is -2.14. The molecule has 0 fully saturated rings. The van der Waals surface area contributed by atoms with Gasteiger partial charge in [0.05, 0.1) is 12.7 Å². The fraction of sp³-hybridized carbons (Fsp3) is 0.190. The van der Waals surface area contributed by atoms with E-state index in [1.54, 1.807) is 18.2 Å². The van der Waals surface area contributed by atoms with E-state index in [0.717, 1.165) is 17.1 Å². The molecule has 0 unspecified atom stereocenters. The molecule has 0 spiro atoms. The fourth-order valence-corrected chi connectivity index (χ4v) is 2.65. The van der Waals surface area contributed by atoms with E-state index in [2.05, 4.69) is 20.6 Å². The molecule has 144 valence electrons. The average molecular weight is 377 g/mol. The van der Waals surface area contributed by atoms with Crippen LogP contribution in [-0.4, -0.2) is 37.1 Å². The highest BCUT2D eigenvalue weighted by Gasteiger charge is 2.08. The van der Waals surface area contributed by atoms with Gasteiger partial charge in [-0.15, -0.1) is 0 Å².